The second-order valence-electron chi connectivity index (χ2n) is 9.23. The number of aryl methyl sites for hydroxylation is 1. The molecule has 2 heterocycles. The number of aromatic nitrogens is 2. The fourth-order valence-corrected chi connectivity index (χ4v) is 5.59. The number of fused-ring (bicyclic) bond motifs is 2. The van der Waals surface area contributed by atoms with Crippen LogP contribution in [0.5, 0.6) is 5.75 Å². The van der Waals surface area contributed by atoms with Gasteiger partial charge in [-0.2, -0.15) is 0 Å². The molecule has 2 fully saturated rings. The Kier molecular flexibility index (Phi) is 5.74. The molecule has 1 saturated heterocycles. The Hall–Kier alpha value is -2.70. The number of hydrogen-bond acceptors (Lipinski definition) is 4. The third-order valence-electron chi connectivity index (χ3n) is 7.14. The van der Waals surface area contributed by atoms with E-state index in [1.54, 1.807) is 12.3 Å². The van der Waals surface area contributed by atoms with Crippen molar-refractivity contribution in [3.05, 3.63) is 83.7 Å². The molecule has 32 heavy (non-hydrogen) atoms. The Morgan fingerprint density at radius 1 is 1.12 bits per heavy atom. The number of piperidine rings is 1. The first-order chi connectivity index (χ1) is 15.5. The molecule has 2 bridgehead atoms. The highest BCUT2D eigenvalue weighted by Gasteiger charge is 2.53. The highest BCUT2D eigenvalue weighted by Crippen LogP contribution is 2.48. The van der Waals surface area contributed by atoms with Crippen LogP contribution in [0.2, 0.25) is 0 Å². The Morgan fingerprint density at radius 2 is 1.91 bits per heavy atom. The maximum Gasteiger partial charge on any atom is 0.141 e. The average Bonchev–Trinajstić information content (AvgIpc) is 3.20. The van der Waals surface area contributed by atoms with Gasteiger partial charge in [0.25, 0.3) is 0 Å². The van der Waals surface area contributed by atoms with E-state index in [1.165, 1.54) is 12.1 Å². The largest absolute Gasteiger partial charge is 0.489 e. The van der Waals surface area contributed by atoms with E-state index in [-0.39, 0.29) is 17.7 Å². The third kappa shape index (κ3) is 3.93. The quantitative estimate of drug-likeness (QED) is 0.629. The van der Waals surface area contributed by atoms with Gasteiger partial charge >= 0.3 is 0 Å². The van der Waals surface area contributed by atoms with Crippen LogP contribution in [0.25, 0.3) is 0 Å². The molecule has 0 radical (unpaired) electrons. The molecule has 168 valence electrons. The number of likely N-dealkylation sites (tertiary alicyclic amines) is 1. The molecule has 3 aromatic rings. The fourth-order valence-electron chi connectivity index (χ4n) is 5.59. The molecule has 6 heteroatoms. The summed E-state index contributed by atoms with van der Waals surface area (Å²) in [7, 11) is 1.97. The van der Waals surface area contributed by atoms with Gasteiger partial charge in [-0.05, 0) is 36.6 Å². The molecule has 1 aliphatic heterocycles. The SMILES string of the molecule is Cn1ccnc1C1(O)C2CCCC1CN(Cc1ccccc1OCc1cccc(F)c1)C2. The number of nitrogens with zero attached hydrogens (tertiary/aromatic N) is 3. The first-order valence-electron chi connectivity index (χ1n) is 11.4. The Morgan fingerprint density at radius 3 is 2.62 bits per heavy atom. The zero-order chi connectivity index (χ0) is 22.1. The minimum absolute atomic E-state index is 0.163. The molecule has 2 unspecified atom stereocenters. The predicted octanol–water partition coefficient (Wildman–Crippen LogP) is 4.26. The van der Waals surface area contributed by atoms with Gasteiger partial charge in [0.1, 0.15) is 29.6 Å². The molecule has 2 aromatic carbocycles. The smallest absolute Gasteiger partial charge is 0.141 e. The van der Waals surface area contributed by atoms with Crippen molar-refractivity contribution < 1.29 is 14.2 Å². The molecule has 5 nitrogen and oxygen atoms in total. The minimum atomic E-state index is -0.861. The number of halogens is 1. The van der Waals surface area contributed by atoms with Crippen molar-refractivity contribution in [2.45, 2.75) is 38.0 Å². The van der Waals surface area contributed by atoms with Gasteiger partial charge in [0.15, 0.2) is 0 Å². The summed E-state index contributed by atoms with van der Waals surface area (Å²) in [4.78, 5) is 6.96. The van der Waals surface area contributed by atoms with Gasteiger partial charge in [-0.15, -0.1) is 0 Å². The van der Waals surface area contributed by atoms with Crippen molar-refractivity contribution in [3.8, 4) is 5.75 Å². The zero-order valence-electron chi connectivity index (χ0n) is 18.5. The lowest BCUT2D eigenvalue weighted by molar-refractivity contribution is -0.155. The normalized spacial score (nSPS) is 25.6. The highest BCUT2D eigenvalue weighted by atomic mass is 19.1. The number of imidazole rings is 1. The predicted molar refractivity (Wildman–Crippen MR) is 120 cm³/mol. The second-order valence-corrected chi connectivity index (χ2v) is 9.23. The van der Waals surface area contributed by atoms with Crippen molar-refractivity contribution in [2.75, 3.05) is 13.1 Å². The lowest BCUT2D eigenvalue weighted by atomic mass is 9.65. The van der Waals surface area contributed by atoms with E-state index < -0.39 is 5.60 Å². The number of para-hydroxylation sites is 1. The van der Waals surface area contributed by atoms with Crippen molar-refractivity contribution >= 4 is 0 Å². The maximum atomic E-state index is 13.5. The summed E-state index contributed by atoms with van der Waals surface area (Å²) in [5.41, 5.74) is 1.07. The van der Waals surface area contributed by atoms with Crippen LogP contribution in [-0.2, 0) is 25.8 Å². The van der Waals surface area contributed by atoms with Crippen LogP contribution < -0.4 is 4.74 Å². The minimum Gasteiger partial charge on any atom is -0.489 e. The summed E-state index contributed by atoms with van der Waals surface area (Å²) in [6, 6.07) is 14.6. The Labute approximate surface area is 188 Å². The molecular formula is C26H30FN3O2. The first-order valence-corrected chi connectivity index (χ1v) is 11.4. The van der Waals surface area contributed by atoms with E-state index in [0.717, 1.165) is 61.6 Å². The number of hydrogen-bond donors (Lipinski definition) is 1. The molecular weight excluding hydrogens is 405 g/mol. The van der Waals surface area contributed by atoms with Gasteiger partial charge < -0.3 is 14.4 Å². The van der Waals surface area contributed by atoms with E-state index in [2.05, 4.69) is 16.0 Å². The van der Waals surface area contributed by atoms with E-state index in [9.17, 15) is 9.50 Å². The molecule has 5 rings (SSSR count). The number of ether oxygens (including phenoxy) is 1. The van der Waals surface area contributed by atoms with Crippen molar-refractivity contribution in [1.82, 2.24) is 14.5 Å². The summed E-state index contributed by atoms with van der Waals surface area (Å²) < 4.78 is 21.5. The maximum absolute atomic E-state index is 13.5. The van der Waals surface area contributed by atoms with Gasteiger partial charge in [0, 0.05) is 56.5 Å². The Balaban J connectivity index is 1.31. The Bertz CT molecular complexity index is 1070. The molecule has 1 aromatic heterocycles. The fraction of sp³-hybridized carbons (Fsp3) is 0.423. The highest BCUT2D eigenvalue weighted by molar-refractivity contribution is 5.34. The number of rotatable bonds is 6. The number of aliphatic hydroxyl groups is 1. The molecule has 1 aliphatic carbocycles. The van der Waals surface area contributed by atoms with E-state index in [0.29, 0.717) is 6.61 Å². The van der Waals surface area contributed by atoms with Crippen molar-refractivity contribution in [2.24, 2.45) is 18.9 Å². The van der Waals surface area contributed by atoms with Crippen LogP contribution >= 0.6 is 0 Å². The van der Waals surface area contributed by atoms with Crippen LogP contribution in [0.15, 0.2) is 60.9 Å². The second kappa shape index (κ2) is 8.68. The topological polar surface area (TPSA) is 50.5 Å². The number of benzene rings is 2. The van der Waals surface area contributed by atoms with Gasteiger partial charge in [-0.3, -0.25) is 4.90 Å². The summed E-state index contributed by atoms with van der Waals surface area (Å²) in [6.07, 6.45) is 6.87. The van der Waals surface area contributed by atoms with Crippen LogP contribution in [0, 0.1) is 17.7 Å². The van der Waals surface area contributed by atoms with Crippen LogP contribution in [-0.4, -0.2) is 32.6 Å². The lowest BCUT2D eigenvalue weighted by Crippen LogP contribution is -2.58. The summed E-state index contributed by atoms with van der Waals surface area (Å²) in [5.74, 6) is 1.70. The van der Waals surface area contributed by atoms with E-state index in [1.807, 2.05) is 42.1 Å². The average molecular weight is 436 g/mol. The lowest BCUT2D eigenvalue weighted by Gasteiger charge is -2.52. The molecule has 1 saturated carbocycles. The zero-order valence-corrected chi connectivity index (χ0v) is 18.5. The standard InChI is InChI=1S/C26H30FN3O2/c1-29-13-12-28-25(29)26(31)21-8-5-9-22(26)17-30(16-21)15-20-7-2-3-11-24(20)32-18-19-6-4-10-23(27)14-19/h2-4,6-7,10-14,21-22,31H,5,8-9,15-18H2,1H3. The monoisotopic (exact) mass is 435 g/mol. The van der Waals surface area contributed by atoms with Crippen molar-refractivity contribution in [1.29, 1.82) is 0 Å². The van der Waals surface area contributed by atoms with Crippen LogP contribution in [0.1, 0.15) is 36.2 Å². The van der Waals surface area contributed by atoms with Gasteiger partial charge in [-0.1, -0.05) is 36.8 Å². The van der Waals surface area contributed by atoms with E-state index in [4.69, 9.17) is 4.74 Å². The third-order valence-corrected chi connectivity index (χ3v) is 7.14. The van der Waals surface area contributed by atoms with Crippen molar-refractivity contribution in [3.63, 3.8) is 0 Å². The summed E-state index contributed by atoms with van der Waals surface area (Å²) >= 11 is 0. The summed E-state index contributed by atoms with van der Waals surface area (Å²) in [5, 5.41) is 11.8. The van der Waals surface area contributed by atoms with Gasteiger partial charge in [-0.25, -0.2) is 9.37 Å². The van der Waals surface area contributed by atoms with E-state index >= 15 is 0 Å². The first kappa shape index (κ1) is 21.2. The van der Waals surface area contributed by atoms with Crippen LogP contribution in [0.4, 0.5) is 4.39 Å². The molecule has 1 N–H and O–H groups in total. The van der Waals surface area contributed by atoms with Gasteiger partial charge in [0.2, 0.25) is 0 Å². The molecule has 0 amide bonds. The molecule has 2 atom stereocenters. The molecule has 2 aliphatic rings. The van der Waals surface area contributed by atoms with Gasteiger partial charge in [0.05, 0.1) is 0 Å². The summed E-state index contributed by atoms with van der Waals surface area (Å²) in [6.45, 7) is 2.76. The molecule has 0 spiro atoms. The van der Waals surface area contributed by atoms with Crippen LogP contribution in [0.3, 0.4) is 0 Å².